The van der Waals surface area contributed by atoms with E-state index in [1.807, 2.05) is 37.3 Å². The van der Waals surface area contributed by atoms with Crippen LogP contribution in [0.25, 0.3) is 0 Å². The molecule has 0 atom stereocenters. The predicted molar refractivity (Wildman–Crippen MR) is 81.3 cm³/mol. The van der Waals surface area contributed by atoms with Gasteiger partial charge in [0.05, 0.1) is 12.7 Å². The summed E-state index contributed by atoms with van der Waals surface area (Å²) in [6.07, 6.45) is 0. The molecule has 0 spiro atoms. The largest absolute Gasteiger partial charge is 0.465 e. The van der Waals surface area contributed by atoms with Crippen LogP contribution in [0.5, 0.6) is 0 Å². The van der Waals surface area contributed by atoms with E-state index in [0.29, 0.717) is 12.1 Å². The van der Waals surface area contributed by atoms with Crippen molar-refractivity contribution in [1.29, 1.82) is 0 Å². The van der Waals surface area contributed by atoms with Crippen LogP contribution in [0.4, 0.5) is 5.69 Å². The number of nitrogens with one attached hydrogen (secondary N) is 1. The Morgan fingerprint density at radius 3 is 2.75 bits per heavy atom. The van der Waals surface area contributed by atoms with Gasteiger partial charge in [0.15, 0.2) is 0 Å². The molecule has 0 radical (unpaired) electrons. The van der Waals surface area contributed by atoms with E-state index < -0.39 is 0 Å². The lowest BCUT2D eigenvalue weighted by molar-refractivity contribution is 0.0601. The van der Waals surface area contributed by atoms with Crippen LogP contribution in [0.1, 0.15) is 21.5 Å². The van der Waals surface area contributed by atoms with E-state index in [2.05, 4.69) is 5.32 Å². The summed E-state index contributed by atoms with van der Waals surface area (Å²) in [5.74, 6) is -0.341. The molecule has 2 aromatic rings. The zero-order chi connectivity index (χ0) is 14.5. The molecule has 2 aromatic carbocycles. The van der Waals surface area contributed by atoms with Gasteiger partial charge in [0.25, 0.3) is 0 Å². The van der Waals surface area contributed by atoms with E-state index in [0.717, 1.165) is 21.8 Å². The third-order valence-electron chi connectivity index (χ3n) is 3.02. The molecule has 0 amide bonds. The maximum absolute atomic E-state index is 11.5. The summed E-state index contributed by atoms with van der Waals surface area (Å²) >= 11 is 6.09. The summed E-state index contributed by atoms with van der Waals surface area (Å²) in [5.41, 5.74) is 3.54. The summed E-state index contributed by atoms with van der Waals surface area (Å²) in [6.45, 7) is 2.62. The molecular formula is C16H16ClNO2. The third kappa shape index (κ3) is 3.52. The van der Waals surface area contributed by atoms with Crippen LogP contribution in [0.3, 0.4) is 0 Å². The van der Waals surface area contributed by atoms with Gasteiger partial charge in [-0.05, 0) is 42.3 Å². The fraction of sp³-hybridized carbons (Fsp3) is 0.188. The van der Waals surface area contributed by atoms with Gasteiger partial charge in [-0.25, -0.2) is 4.79 Å². The highest BCUT2D eigenvalue weighted by atomic mass is 35.5. The Kier molecular flexibility index (Phi) is 4.64. The molecule has 1 N–H and O–H groups in total. The number of carbonyl (C=O) groups excluding carboxylic acids is 1. The van der Waals surface area contributed by atoms with Crippen LogP contribution in [0.15, 0.2) is 42.5 Å². The lowest BCUT2D eigenvalue weighted by Crippen LogP contribution is -2.04. The number of ether oxygens (including phenoxy) is 1. The number of rotatable bonds is 4. The number of anilines is 1. The van der Waals surface area contributed by atoms with Crippen molar-refractivity contribution in [2.24, 2.45) is 0 Å². The first kappa shape index (κ1) is 14.4. The quantitative estimate of drug-likeness (QED) is 0.863. The van der Waals surface area contributed by atoms with Crippen molar-refractivity contribution in [2.45, 2.75) is 13.5 Å². The summed E-state index contributed by atoms with van der Waals surface area (Å²) in [7, 11) is 1.37. The molecule has 20 heavy (non-hydrogen) atoms. The van der Waals surface area contributed by atoms with Crippen LogP contribution in [0, 0.1) is 6.92 Å². The van der Waals surface area contributed by atoms with Gasteiger partial charge in [-0.2, -0.15) is 0 Å². The second kappa shape index (κ2) is 6.44. The minimum absolute atomic E-state index is 0.341. The Morgan fingerprint density at radius 1 is 1.25 bits per heavy atom. The number of hydrogen-bond donors (Lipinski definition) is 1. The lowest BCUT2D eigenvalue weighted by Gasteiger charge is -2.09. The first-order chi connectivity index (χ1) is 9.60. The zero-order valence-corrected chi connectivity index (χ0v) is 12.2. The highest BCUT2D eigenvalue weighted by Gasteiger charge is 2.05. The molecule has 0 aliphatic heterocycles. The topological polar surface area (TPSA) is 38.3 Å². The van der Waals surface area contributed by atoms with E-state index in [1.165, 1.54) is 7.11 Å². The third-order valence-corrected chi connectivity index (χ3v) is 3.42. The second-order valence-electron chi connectivity index (χ2n) is 4.51. The first-order valence-corrected chi connectivity index (χ1v) is 6.65. The standard InChI is InChI=1S/C16H16ClNO2/c1-11-6-7-12(8-15(11)17)10-18-14-5-3-4-13(9-14)16(19)20-2/h3-9,18H,10H2,1-2H3. The number of esters is 1. The molecule has 0 aromatic heterocycles. The van der Waals surface area contributed by atoms with Gasteiger partial charge >= 0.3 is 5.97 Å². The molecule has 0 heterocycles. The van der Waals surface area contributed by atoms with Crippen molar-refractivity contribution in [2.75, 3.05) is 12.4 Å². The number of aryl methyl sites for hydroxylation is 1. The molecule has 0 aliphatic carbocycles. The summed E-state index contributed by atoms with van der Waals surface area (Å²) in [5, 5.41) is 4.02. The van der Waals surface area contributed by atoms with E-state index >= 15 is 0 Å². The zero-order valence-electron chi connectivity index (χ0n) is 11.4. The van der Waals surface area contributed by atoms with E-state index in [4.69, 9.17) is 16.3 Å². The van der Waals surface area contributed by atoms with Crippen molar-refractivity contribution in [3.8, 4) is 0 Å². The van der Waals surface area contributed by atoms with Gasteiger partial charge in [-0.1, -0.05) is 29.8 Å². The fourth-order valence-electron chi connectivity index (χ4n) is 1.82. The molecule has 3 nitrogen and oxygen atoms in total. The number of benzene rings is 2. The predicted octanol–water partition coefficient (Wildman–Crippen LogP) is 4.05. The normalized spacial score (nSPS) is 10.2. The van der Waals surface area contributed by atoms with Crippen LogP contribution in [-0.2, 0) is 11.3 Å². The van der Waals surface area contributed by atoms with Gasteiger partial charge in [0, 0.05) is 17.3 Å². The van der Waals surface area contributed by atoms with Crippen molar-refractivity contribution in [1.82, 2.24) is 0 Å². The average molecular weight is 290 g/mol. The van der Waals surface area contributed by atoms with Crippen LogP contribution < -0.4 is 5.32 Å². The van der Waals surface area contributed by atoms with Crippen molar-refractivity contribution < 1.29 is 9.53 Å². The number of hydrogen-bond acceptors (Lipinski definition) is 3. The van der Waals surface area contributed by atoms with Gasteiger partial charge in [-0.3, -0.25) is 0 Å². The van der Waals surface area contributed by atoms with Crippen molar-refractivity contribution in [3.63, 3.8) is 0 Å². The smallest absolute Gasteiger partial charge is 0.337 e. The molecule has 0 fully saturated rings. The highest BCUT2D eigenvalue weighted by molar-refractivity contribution is 6.31. The molecule has 0 aliphatic rings. The van der Waals surface area contributed by atoms with E-state index in [-0.39, 0.29) is 5.97 Å². The Hall–Kier alpha value is -2.00. The number of methoxy groups -OCH3 is 1. The molecule has 4 heteroatoms. The fourth-order valence-corrected chi connectivity index (χ4v) is 2.03. The Balaban J connectivity index is 2.07. The molecule has 0 saturated carbocycles. The minimum Gasteiger partial charge on any atom is -0.465 e. The Labute approximate surface area is 123 Å². The van der Waals surface area contributed by atoms with Crippen LogP contribution >= 0.6 is 11.6 Å². The number of halogens is 1. The van der Waals surface area contributed by atoms with Gasteiger partial charge in [-0.15, -0.1) is 0 Å². The molecule has 0 saturated heterocycles. The summed E-state index contributed by atoms with van der Waals surface area (Å²) < 4.78 is 4.70. The van der Waals surface area contributed by atoms with Gasteiger partial charge in [0.1, 0.15) is 0 Å². The maximum Gasteiger partial charge on any atom is 0.337 e. The highest BCUT2D eigenvalue weighted by Crippen LogP contribution is 2.18. The van der Waals surface area contributed by atoms with E-state index in [9.17, 15) is 4.79 Å². The molecule has 104 valence electrons. The SMILES string of the molecule is COC(=O)c1cccc(NCc2ccc(C)c(Cl)c2)c1. The van der Waals surface area contributed by atoms with Crippen molar-refractivity contribution in [3.05, 3.63) is 64.2 Å². The Bertz CT molecular complexity index is 626. The Morgan fingerprint density at radius 2 is 2.05 bits per heavy atom. The number of carbonyl (C=O) groups is 1. The maximum atomic E-state index is 11.5. The first-order valence-electron chi connectivity index (χ1n) is 6.27. The molecule has 0 bridgehead atoms. The van der Waals surface area contributed by atoms with Crippen LogP contribution in [-0.4, -0.2) is 13.1 Å². The summed E-state index contributed by atoms with van der Waals surface area (Å²) in [6, 6.07) is 13.2. The monoisotopic (exact) mass is 289 g/mol. The molecule has 0 unspecified atom stereocenters. The van der Waals surface area contributed by atoms with Gasteiger partial charge < -0.3 is 10.1 Å². The summed E-state index contributed by atoms with van der Waals surface area (Å²) in [4.78, 5) is 11.5. The minimum atomic E-state index is -0.341. The lowest BCUT2D eigenvalue weighted by atomic mass is 10.1. The molecular weight excluding hydrogens is 274 g/mol. The van der Waals surface area contributed by atoms with E-state index in [1.54, 1.807) is 12.1 Å². The van der Waals surface area contributed by atoms with Gasteiger partial charge in [0.2, 0.25) is 0 Å². The van der Waals surface area contributed by atoms with Crippen molar-refractivity contribution >= 4 is 23.3 Å². The average Bonchev–Trinajstić information content (AvgIpc) is 2.48. The molecule has 2 rings (SSSR count). The second-order valence-corrected chi connectivity index (χ2v) is 4.92. The van der Waals surface area contributed by atoms with Crippen LogP contribution in [0.2, 0.25) is 5.02 Å².